The molecule has 0 radical (unpaired) electrons. The molecule has 0 aliphatic rings. The van der Waals surface area contributed by atoms with Gasteiger partial charge in [0.15, 0.2) is 5.82 Å². The van der Waals surface area contributed by atoms with E-state index in [0.717, 1.165) is 0 Å². The highest BCUT2D eigenvalue weighted by molar-refractivity contribution is 7.84. The van der Waals surface area contributed by atoms with Gasteiger partial charge in [0.1, 0.15) is 11.1 Å². The lowest BCUT2D eigenvalue weighted by molar-refractivity contribution is 0.375. The maximum atomic E-state index is 12.9. The van der Waals surface area contributed by atoms with Gasteiger partial charge in [0.05, 0.1) is 5.75 Å². The fraction of sp³-hybridized carbons (Fsp3) is 0.333. The van der Waals surface area contributed by atoms with Crippen molar-refractivity contribution in [3.63, 3.8) is 0 Å². The highest BCUT2D eigenvalue weighted by Crippen LogP contribution is 2.24. The first kappa shape index (κ1) is 14.1. The minimum Gasteiger partial charge on any atom is -0.338 e. The molecule has 1 heterocycles. The van der Waals surface area contributed by atoms with Crippen LogP contribution in [0.1, 0.15) is 29.5 Å². The summed E-state index contributed by atoms with van der Waals surface area (Å²) in [6.45, 7) is 3.43. The molecule has 0 aliphatic carbocycles. The van der Waals surface area contributed by atoms with E-state index in [1.807, 2.05) is 0 Å². The van der Waals surface area contributed by atoms with Crippen LogP contribution in [0.3, 0.4) is 0 Å². The smallest absolute Gasteiger partial charge is 0.242 e. The number of rotatable bonds is 4. The highest BCUT2D eigenvalue weighted by atomic mass is 35.5. The van der Waals surface area contributed by atoms with Crippen molar-refractivity contribution >= 4 is 22.4 Å². The molecule has 0 unspecified atom stereocenters. The van der Waals surface area contributed by atoms with Crippen LogP contribution in [0.25, 0.3) is 0 Å². The predicted octanol–water partition coefficient (Wildman–Crippen LogP) is 3.18. The van der Waals surface area contributed by atoms with Crippen molar-refractivity contribution in [2.75, 3.05) is 0 Å². The van der Waals surface area contributed by atoms with Crippen molar-refractivity contribution in [2.24, 2.45) is 0 Å². The molecule has 2 atom stereocenters. The van der Waals surface area contributed by atoms with Crippen molar-refractivity contribution in [3.05, 3.63) is 46.3 Å². The number of hydrogen-bond acceptors (Lipinski definition) is 4. The molecule has 0 bridgehead atoms. The molecule has 0 aliphatic heterocycles. The number of nitrogens with zero attached hydrogens (tertiary/aromatic N) is 2. The second kappa shape index (κ2) is 5.79. The molecule has 102 valence electrons. The van der Waals surface area contributed by atoms with Gasteiger partial charge >= 0.3 is 0 Å². The van der Waals surface area contributed by atoms with Crippen LogP contribution in [0, 0.1) is 12.7 Å². The SMILES string of the molecule is Cc1noc([C@H](C)[S@](=O)Cc2ccc(F)cc2Cl)n1. The van der Waals surface area contributed by atoms with E-state index < -0.39 is 21.9 Å². The van der Waals surface area contributed by atoms with Gasteiger partial charge in [-0.3, -0.25) is 4.21 Å². The molecular weight excluding hydrogens is 291 g/mol. The van der Waals surface area contributed by atoms with Gasteiger partial charge in [0, 0.05) is 15.8 Å². The second-order valence-electron chi connectivity index (χ2n) is 4.08. The molecule has 0 saturated heterocycles. The van der Waals surface area contributed by atoms with Crippen molar-refractivity contribution in [3.8, 4) is 0 Å². The summed E-state index contributed by atoms with van der Waals surface area (Å²) < 4.78 is 30.1. The third-order valence-electron chi connectivity index (χ3n) is 2.60. The molecule has 0 fully saturated rings. The van der Waals surface area contributed by atoms with Crippen LogP contribution < -0.4 is 0 Å². The fourth-order valence-electron chi connectivity index (χ4n) is 1.51. The Morgan fingerprint density at radius 1 is 1.53 bits per heavy atom. The van der Waals surface area contributed by atoms with E-state index in [-0.39, 0.29) is 10.8 Å². The lowest BCUT2D eigenvalue weighted by atomic mass is 10.2. The number of halogens is 2. The zero-order chi connectivity index (χ0) is 14.0. The molecule has 7 heteroatoms. The molecular formula is C12H12ClFN2O2S. The molecule has 2 aromatic rings. The van der Waals surface area contributed by atoms with E-state index in [9.17, 15) is 8.60 Å². The number of hydrogen-bond donors (Lipinski definition) is 0. The van der Waals surface area contributed by atoms with Crippen LogP contribution >= 0.6 is 11.6 Å². The van der Waals surface area contributed by atoms with E-state index >= 15 is 0 Å². The molecule has 4 nitrogen and oxygen atoms in total. The normalized spacial score (nSPS) is 14.3. The van der Waals surface area contributed by atoms with Crippen LogP contribution in [-0.2, 0) is 16.6 Å². The Labute approximate surface area is 117 Å². The van der Waals surface area contributed by atoms with Gasteiger partial charge in [-0.15, -0.1) is 0 Å². The minimum atomic E-state index is -1.27. The molecule has 19 heavy (non-hydrogen) atoms. The summed E-state index contributed by atoms with van der Waals surface area (Å²) in [4.78, 5) is 4.05. The Kier molecular flexibility index (Phi) is 4.31. The first-order chi connectivity index (χ1) is 8.97. The van der Waals surface area contributed by atoms with Gasteiger partial charge in [0.25, 0.3) is 0 Å². The molecule has 0 amide bonds. The van der Waals surface area contributed by atoms with Gasteiger partial charge in [-0.2, -0.15) is 4.98 Å². The largest absolute Gasteiger partial charge is 0.338 e. The highest BCUT2D eigenvalue weighted by Gasteiger charge is 2.20. The summed E-state index contributed by atoms with van der Waals surface area (Å²) in [6, 6.07) is 4.02. The summed E-state index contributed by atoms with van der Waals surface area (Å²) in [7, 11) is -1.27. The maximum Gasteiger partial charge on any atom is 0.242 e. The summed E-state index contributed by atoms with van der Waals surface area (Å²) in [5, 5.41) is 3.53. The van der Waals surface area contributed by atoms with E-state index in [4.69, 9.17) is 16.1 Å². The Morgan fingerprint density at radius 3 is 2.84 bits per heavy atom. The van der Waals surface area contributed by atoms with Crippen molar-refractivity contribution in [1.29, 1.82) is 0 Å². The summed E-state index contributed by atoms with van der Waals surface area (Å²) in [5.74, 6) is 0.620. The fourth-order valence-corrected chi connectivity index (χ4v) is 2.95. The quantitative estimate of drug-likeness (QED) is 0.870. The third kappa shape index (κ3) is 3.39. The molecule has 0 N–H and O–H groups in total. The summed E-state index contributed by atoms with van der Waals surface area (Å²) in [6.07, 6.45) is 0. The van der Waals surface area contributed by atoms with Crippen molar-refractivity contribution in [1.82, 2.24) is 10.1 Å². The minimum absolute atomic E-state index is 0.210. The van der Waals surface area contributed by atoms with Gasteiger partial charge in [0.2, 0.25) is 5.89 Å². The zero-order valence-electron chi connectivity index (χ0n) is 10.4. The summed E-state index contributed by atoms with van der Waals surface area (Å²) >= 11 is 5.90. The maximum absolute atomic E-state index is 12.9. The van der Waals surface area contributed by atoms with Crippen molar-refractivity contribution < 1.29 is 13.1 Å². The Morgan fingerprint density at radius 2 is 2.26 bits per heavy atom. The Bertz CT molecular complexity index is 618. The first-order valence-corrected chi connectivity index (χ1v) is 7.34. The monoisotopic (exact) mass is 302 g/mol. The molecule has 1 aromatic heterocycles. The van der Waals surface area contributed by atoms with E-state index in [1.165, 1.54) is 18.2 Å². The summed E-state index contributed by atoms with van der Waals surface area (Å²) in [5.41, 5.74) is 0.629. The Balaban J connectivity index is 2.12. The van der Waals surface area contributed by atoms with E-state index in [2.05, 4.69) is 10.1 Å². The van der Waals surface area contributed by atoms with Crippen LogP contribution in [0.2, 0.25) is 5.02 Å². The number of benzene rings is 1. The molecule has 0 saturated carbocycles. The van der Waals surface area contributed by atoms with Gasteiger partial charge in [-0.1, -0.05) is 22.8 Å². The average Bonchev–Trinajstić information content (AvgIpc) is 2.78. The topological polar surface area (TPSA) is 56.0 Å². The first-order valence-electron chi connectivity index (χ1n) is 5.58. The lowest BCUT2D eigenvalue weighted by Crippen LogP contribution is -2.06. The third-order valence-corrected chi connectivity index (χ3v) is 4.54. The van der Waals surface area contributed by atoms with Crippen LogP contribution in [-0.4, -0.2) is 14.3 Å². The van der Waals surface area contributed by atoms with Crippen LogP contribution in [0.4, 0.5) is 4.39 Å². The number of aromatic nitrogens is 2. The predicted molar refractivity (Wildman–Crippen MR) is 70.7 cm³/mol. The van der Waals surface area contributed by atoms with Gasteiger partial charge in [-0.05, 0) is 31.5 Å². The molecule has 1 aromatic carbocycles. The van der Waals surface area contributed by atoms with Crippen LogP contribution in [0.15, 0.2) is 22.7 Å². The standard InChI is InChI=1S/C12H12ClFN2O2S/c1-7(12-15-8(2)16-18-12)19(17)6-9-3-4-10(14)5-11(9)13/h3-5,7H,6H2,1-2H3/t7-,19+/m0/s1. The molecule has 0 spiro atoms. The number of aryl methyl sites for hydroxylation is 1. The van der Waals surface area contributed by atoms with E-state index in [1.54, 1.807) is 13.8 Å². The van der Waals surface area contributed by atoms with Gasteiger partial charge in [-0.25, -0.2) is 4.39 Å². The van der Waals surface area contributed by atoms with Crippen LogP contribution in [0.5, 0.6) is 0 Å². The van der Waals surface area contributed by atoms with Crippen molar-refractivity contribution in [2.45, 2.75) is 24.9 Å². The average molecular weight is 303 g/mol. The van der Waals surface area contributed by atoms with E-state index in [0.29, 0.717) is 17.3 Å². The Hall–Kier alpha value is -1.27. The second-order valence-corrected chi connectivity index (χ2v) is 6.25. The van der Waals surface area contributed by atoms with Gasteiger partial charge < -0.3 is 4.52 Å². The zero-order valence-corrected chi connectivity index (χ0v) is 12.0. The lowest BCUT2D eigenvalue weighted by Gasteiger charge is -2.08. The molecule has 2 rings (SSSR count).